The van der Waals surface area contributed by atoms with Gasteiger partial charge in [0, 0.05) is 32.1 Å². The SMILES string of the molecule is CCC(=O)NCC(C(C)C)N1CCOCC1. The highest BCUT2D eigenvalue weighted by Gasteiger charge is 2.23. The minimum absolute atomic E-state index is 0.138. The molecule has 1 saturated heterocycles. The first-order valence-electron chi connectivity index (χ1n) is 6.23. The van der Waals surface area contributed by atoms with E-state index in [2.05, 4.69) is 24.1 Å². The van der Waals surface area contributed by atoms with E-state index in [9.17, 15) is 4.79 Å². The highest BCUT2D eigenvalue weighted by molar-refractivity contribution is 5.75. The Morgan fingerprint density at radius 2 is 2.00 bits per heavy atom. The van der Waals surface area contributed by atoms with Crippen LogP contribution in [0.5, 0.6) is 0 Å². The molecule has 1 amide bonds. The Hall–Kier alpha value is -0.610. The predicted octanol–water partition coefficient (Wildman–Crippen LogP) is 0.869. The first-order chi connectivity index (χ1) is 7.65. The van der Waals surface area contributed by atoms with Gasteiger partial charge in [0.25, 0.3) is 0 Å². The van der Waals surface area contributed by atoms with Crippen LogP contribution in [-0.2, 0) is 9.53 Å². The van der Waals surface area contributed by atoms with Gasteiger partial charge in [0.1, 0.15) is 0 Å². The molecule has 1 rings (SSSR count). The summed E-state index contributed by atoms with van der Waals surface area (Å²) in [5, 5.41) is 2.99. The molecule has 0 aliphatic carbocycles. The van der Waals surface area contributed by atoms with Gasteiger partial charge < -0.3 is 10.1 Å². The summed E-state index contributed by atoms with van der Waals surface area (Å²) in [6.45, 7) is 10.6. The largest absolute Gasteiger partial charge is 0.379 e. The van der Waals surface area contributed by atoms with Crippen molar-refractivity contribution in [2.45, 2.75) is 33.2 Å². The van der Waals surface area contributed by atoms with Gasteiger partial charge >= 0.3 is 0 Å². The molecule has 1 unspecified atom stereocenters. The zero-order valence-electron chi connectivity index (χ0n) is 10.7. The molecule has 4 nitrogen and oxygen atoms in total. The van der Waals surface area contributed by atoms with E-state index in [0.29, 0.717) is 18.4 Å². The number of carbonyl (C=O) groups is 1. The van der Waals surface area contributed by atoms with Crippen LogP contribution in [0, 0.1) is 5.92 Å². The fourth-order valence-corrected chi connectivity index (χ4v) is 2.04. The van der Waals surface area contributed by atoms with Crippen LogP contribution < -0.4 is 5.32 Å². The zero-order valence-corrected chi connectivity index (χ0v) is 10.7. The molecule has 4 heteroatoms. The minimum Gasteiger partial charge on any atom is -0.379 e. The lowest BCUT2D eigenvalue weighted by Gasteiger charge is -2.36. The van der Waals surface area contributed by atoms with Crippen molar-refractivity contribution in [3.05, 3.63) is 0 Å². The van der Waals surface area contributed by atoms with Gasteiger partial charge in [-0.05, 0) is 5.92 Å². The van der Waals surface area contributed by atoms with Crippen molar-refractivity contribution in [2.75, 3.05) is 32.8 Å². The summed E-state index contributed by atoms with van der Waals surface area (Å²) in [6.07, 6.45) is 0.563. The second kappa shape index (κ2) is 6.86. The van der Waals surface area contributed by atoms with E-state index in [1.165, 1.54) is 0 Å². The number of hydrogen-bond acceptors (Lipinski definition) is 3. The van der Waals surface area contributed by atoms with E-state index < -0.39 is 0 Å². The molecule has 0 radical (unpaired) electrons. The molecule has 1 heterocycles. The quantitative estimate of drug-likeness (QED) is 0.759. The summed E-state index contributed by atoms with van der Waals surface area (Å²) in [5.74, 6) is 0.689. The van der Waals surface area contributed by atoms with Crippen molar-refractivity contribution in [1.82, 2.24) is 10.2 Å². The van der Waals surface area contributed by atoms with Gasteiger partial charge in [0.05, 0.1) is 13.2 Å². The second-order valence-electron chi connectivity index (χ2n) is 4.62. The van der Waals surface area contributed by atoms with Crippen LogP contribution in [0.4, 0.5) is 0 Å². The summed E-state index contributed by atoms with van der Waals surface area (Å²) in [6, 6.07) is 0.430. The molecule has 0 spiro atoms. The average molecular weight is 228 g/mol. The van der Waals surface area contributed by atoms with Gasteiger partial charge in [0.15, 0.2) is 0 Å². The van der Waals surface area contributed by atoms with Gasteiger partial charge in [0.2, 0.25) is 5.91 Å². The Bertz CT molecular complexity index is 213. The standard InChI is InChI=1S/C12H24N2O2/c1-4-12(15)13-9-11(10(2)3)14-5-7-16-8-6-14/h10-11H,4-9H2,1-3H3,(H,13,15). The number of amides is 1. The highest BCUT2D eigenvalue weighted by atomic mass is 16.5. The number of nitrogens with one attached hydrogen (secondary N) is 1. The molecule has 1 N–H and O–H groups in total. The molecule has 0 aromatic carbocycles. The van der Waals surface area contributed by atoms with Crippen molar-refractivity contribution in [3.8, 4) is 0 Å². The monoisotopic (exact) mass is 228 g/mol. The third kappa shape index (κ3) is 4.10. The Labute approximate surface area is 98.3 Å². The van der Waals surface area contributed by atoms with Crippen LogP contribution in [-0.4, -0.2) is 49.7 Å². The summed E-state index contributed by atoms with van der Waals surface area (Å²) in [4.78, 5) is 13.7. The molecule has 0 bridgehead atoms. The van der Waals surface area contributed by atoms with Gasteiger partial charge in [-0.2, -0.15) is 0 Å². The van der Waals surface area contributed by atoms with Crippen molar-refractivity contribution < 1.29 is 9.53 Å². The van der Waals surface area contributed by atoms with Gasteiger partial charge in [-0.1, -0.05) is 20.8 Å². The van der Waals surface area contributed by atoms with Crippen LogP contribution in [0.2, 0.25) is 0 Å². The van der Waals surface area contributed by atoms with E-state index in [0.717, 1.165) is 32.8 Å². The Balaban J connectivity index is 2.42. The fraction of sp³-hybridized carbons (Fsp3) is 0.917. The second-order valence-corrected chi connectivity index (χ2v) is 4.62. The lowest BCUT2D eigenvalue weighted by molar-refractivity contribution is -0.121. The molecular weight excluding hydrogens is 204 g/mol. The van der Waals surface area contributed by atoms with Gasteiger partial charge in [-0.15, -0.1) is 0 Å². The number of hydrogen-bond donors (Lipinski definition) is 1. The van der Waals surface area contributed by atoms with E-state index in [4.69, 9.17) is 4.74 Å². The number of rotatable bonds is 5. The third-order valence-electron chi connectivity index (χ3n) is 3.11. The molecule has 0 aromatic heterocycles. The summed E-state index contributed by atoms with van der Waals surface area (Å²) < 4.78 is 5.35. The van der Waals surface area contributed by atoms with Crippen LogP contribution in [0.3, 0.4) is 0 Å². The maximum atomic E-state index is 11.3. The number of carbonyl (C=O) groups excluding carboxylic acids is 1. The average Bonchev–Trinajstić information content (AvgIpc) is 2.30. The van der Waals surface area contributed by atoms with Crippen molar-refractivity contribution >= 4 is 5.91 Å². The van der Waals surface area contributed by atoms with Crippen LogP contribution in [0.25, 0.3) is 0 Å². The first kappa shape index (κ1) is 13.5. The van der Waals surface area contributed by atoms with E-state index >= 15 is 0 Å². The van der Waals surface area contributed by atoms with Crippen molar-refractivity contribution in [1.29, 1.82) is 0 Å². The molecule has 1 aliphatic rings. The Morgan fingerprint density at radius 1 is 1.38 bits per heavy atom. The maximum Gasteiger partial charge on any atom is 0.219 e. The number of nitrogens with zero attached hydrogens (tertiary/aromatic N) is 1. The van der Waals surface area contributed by atoms with Gasteiger partial charge in [-0.3, -0.25) is 9.69 Å². The molecular formula is C12H24N2O2. The summed E-state index contributed by atoms with van der Waals surface area (Å²) >= 11 is 0. The molecule has 1 atom stereocenters. The number of morpholine rings is 1. The zero-order chi connectivity index (χ0) is 12.0. The Kier molecular flexibility index (Phi) is 5.77. The normalized spacial score (nSPS) is 19.8. The Morgan fingerprint density at radius 3 is 2.50 bits per heavy atom. The molecule has 0 saturated carbocycles. The molecule has 1 aliphatic heterocycles. The smallest absolute Gasteiger partial charge is 0.219 e. The summed E-state index contributed by atoms with van der Waals surface area (Å²) in [5.41, 5.74) is 0. The maximum absolute atomic E-state index is 11.3. The summed E-state index contributed by atoms with van der Waals surface area (Å²) in [7, 11) is 0. The van der Waals surface area contributed by atoms with Gasteiger partial charge in [-0.25, -0.2) is 0 Å². The molecule has 1 fully saturated rings. The van der Waals surface area contributed by atoms with Crippen LogP contribution >= 0.6 is 0 Å². The molecule has 94 valence electrons. The number of ether oxygens (including phenoxy) is 1. The lowest BCUT2D eigenvalue weighted by atomic mass is 10.0. The third-order valence-corrected chi connectivity index (χ3v) is 3.11. The predicted molar refractivity (Wildman–Crippen MR) is 64.3 cm³/mol. The van der Waals surface area contributed by atoms with E-state index in [-0.39, 0.29) is 5.91 Å². The molecule has 16 heavy (non-hydrogen) atoms. The minimum atomic E-state index is 0.138. The van der Waals surface area contributed by atoms with Crippen LogP contribution in [0.1, 0.15) is 27.2 Å². The topological polar surface area (TPSA) is 41.6 Å². The van der Waals surface area contributed by atoms with E-state index in [1.54, 1.807) is 0 Å². The van der Waals surface area contributed by atoms with Crippen molar-refractivity contribution in [3.63, 3.8) is 0 Å². The highest BCUT2D eigenvalue weighted by Crippen LogP contribution is 2.12. The van der Waals surface area contributed by atoms with Crippen molar-refractivity contribution in [2.24, 2.45) is 5.92 Å². The first-order valence-corrected chi connectivity index (χ1v) is 6.23. The molecule has 0 aromatic rings. The fourth-order valence-electron chi connectivity index (χ4n) is 2.04. The van der Waals surface area contributed by atoms with Crippen LogP contribution in [0.15, 0.2) is 0 Å². The lowest BCUT2D eigenvalue weighted by Crippen LogP contribution is -2.51. The van der Waals surface area contributed by atoms with E-state index in [1.807, 2.05) is 6.92 Å².